The van der Waals surface area contributed by atoms with Crippen LogP contribution in [0.1, 0.15) is 35.7 Å². The maximum absolute atomic E-state index is 13.6. The molecule has 2 aromatic rings. The van der Waals surface area contributed by atoms with E-state index in [9.17, 15) is 13.6 Å². The van der Waals surface area contributed by atoms with E-state index in [4.69, 9.17) is 4.74 Å². The molecule has 0 saturated carbocycles. The predicted octanol–water partition coefficient (Wildman–Crippen LogP) is 4.37. The van der Waals surface area contributed by atoms with Gasteiger partial charge in [-0.15, -0.1) is 18.2 Å². The molecule has 0 aliphatic carbocycles. The van der Waals surface area contributed by atoms with Gasteiger partial charge in [0.25, 0.3) is 0 Å². The first-order chi connectivity index (χ1) is 11.6. The first kappa shape index (κ1) is 21.5. The Labute approximate surface area is 161 Å². The molecule has 0 aliphatic rings. The Bertz CT molecular complexity index is 695. The molecule has 132 valence electrons. The first-order valence-electron chi connectivity index (χ1n) is 7.96. The second-order valence-electron chi connectivity index (χ2n) is 5.36. The molecule has 1 amide bonds. The van der Waals surface area contributed by atoms with Crippen LogP contribution in [0.15, 0.2) is 36.4 Å². The Hall–Kier alpha value is -1.56. The van der Waals surface area contributed by atoms with Crippen LogP contribution in [0.25, 0.3) is 0 Å². The Morgan fingerprint density at radius 2 is 1.92 bits per heavy atom. The fourth-order valence-electron chi connectivity index (χ4n) is 2.22. The van der Waals surface area contributed by atoms with Crippen molar-refractivity contribution in [3.63, 3.8) is 0 Å². The Kier molecular flexibility index (Phi) is 9.57. The summed E-state index contributed by atoms with van der Waals surface area (Å²) in [6, 6.07) is 11.2. The summed E-state index contributed by atoms with van der Waals surface area (Å²) in [5, 5.41) is 2.45. The van der Waals surface area contributed by atoms with E-state index in [-0.39, 0.29) is 27.4 Å². The number of halogens is 2. The van der Waals surface area contributed by atoms with Gasteiger partial charge in [-0.3, -0.25) is 4.79 Å². The molecule has 0 atom stereocenters. The van der Waals surface area contributed by atoms with E-state index in [2.05, 4.69) is 12.2 Å². The molecule has 0 aromatic heterocycles. The van der Waals surface area contributed by atoms with E-state index in [0.29, 0.717) is 25.2 Å². The molecule has 2 aromatic carbocycles. The van der Waals surface area contributed by atoms with Gasteiger partial charge in [-0.2, -0.15) is 0 Å². The zero-order valence-corrected chi connectivity index (χ0v) is 15.6. The minimum absolute atomic E-state index is 0. The van der Waals surface area contributed by atoms with Crippen LogP contribution in [0.3, 0.4) is 0 Å². The second kappa shape index (κ2) is 11.1. The largest absolute Gasteiger partial charge is 0.381 e. The fraction of sp³-hybridized carbons (Fsp3) is 0.316. The van der Waals surface area contributed by atoms with Crippen LogP contribution in [-0.2, 0) is 32.9 Å². The van der Waals surface area contributed by atoms with Gasteiger partial charge in [-0.1, -0.05) is 31.5 Å². The van der Waals surface area contributed by atoms with Gasteiger partial charge in [0.05, 0.1) is 6.61 Å². The summed E-state index contributed by atoms with van der Waals surface area (Å²) in [7, 11) is 0. The molecule has 25 heavy (non-hydrogen) atoms. The number of amides is 1. The van der Waals surface area contributed by atoms with Crippen LogP contribution < -0.4 is 5.32 Å². The molecule has 6 heteroatoms. The summed E-state index contributed by atoms with van der Waals surface area (Å²) in [5.74, 6) is -2.18. The van der Waals surface area contributed by atoms with Gasteiger partial charge in [0, 0.05) is 45.5 Å². The van der Waals surface area contributed by atoms with E-state index >= 15 is 0 Å². The van der Waals surface area contributed by atoms with E-state index < -0.39 is 17.5 Å². The van der Waals surface area contributed by atoms with Crippen LogP contribution in [0.5, 0.6) is 0 Å². The molecule has 0 bridgehead atoms. The van der Waals surface area contributed by atoms with Crippen molar-refractivity contribution in [3.05, 3.63) is 65.2 Å². The standard InChI is InChI=1S/C19H20F2NO2.Ti/c1-2-3-11-24-12-10-14-6-4-5-7-16(14)19(23)22-18-9-8-15(20)13-17(18)21;/h4-9H,2-3,10-12H2,1H3,(H,22,23);/q-1;. The molecule has 1 N–H and O–H groups in total. The molecule has 0 aliphatic heterocycles. The van der Waals surface area contributed by atoms with Crippen molar-refractivity contribution in [2.24, 2.45) is 0 Å². The van der Waals surface area contributed by atoms with E-state index in [1.54, 1.807) is 12.1 Å². The summed E-state index contributed by atoms with van der Waals surface area (Å²) >= 11 is 0. The number of ether oxygens (including phenoxy) is 1. The van der Waals surface area contributed by atoms with Crippen molar-refractivity contribution in [2.75, 3.05) is 18.5 Å². The number of nitrogens with one attached hydrogen (secondary N) is 1. The van der Waals surface area contributed by atoms with Crippen LogP contribution in [-0.4, -0.2) is 19.1 Å². The number of hydrogen-bond donors (Lipinski definition) is 1. The molecule has 2 rings (SSSR count). The third kappa shape index (κ3) is 6.69. The van der Waals surface area contributed by atoms with Gasteiger partial charge < -0.3 is 10.1 Å². The Balaban J connectivity index is 0.00000312. The molecule has 0 unspecified atom stereocenters. The number of anilines is 1. The zero-order chi connectivity index (χ0) is 17.4. The maximum Gasteiger partial charge on any atom is 0.245 e. The van der Waals surface area contributed by atoms with Crippen molar-refractivity contribution < 1.29 is 40.0 Å². The molecule has 3 nitrogen and oxygen atoms in total. The van der Waals surface area contributed by atoms with Crippen LogP contribution >= 0.6 is 0 Å². The molecule has 0 saturated heterocycles. The summed E-state index contributed by atoms with van der Waals surface area (Å²) in [5.41, 5.74) is 1.16. The maximum atomic E-state index is 13.6. The SMILES string of the molecule is CCCCOCCc1ccccc1C(=O)Nc1ccc(F)[c-]c1F.[Ti]. The fourth-order valence-corrected chi connectivity index (χ4v) is 2.22. The summed E-state index contributed by atoms with van der Waals surface area (Å²) in [6.07, 6.45) is 2.66. The zero-order valence-electron chi connectivity index (χ0n) is 14.1. The topological polar surface area (TPSA) is 38.3 Å². The first-order valence-corrected chi connectivity index (χ1v) is 7.96. The van der Waals surface area contributed by atoms with Gasteiger partial charge in [0.2, 0.25) is 5.91 Å². The number of unbranched alkanes of at least 4 members (excludes halogenated alkanes) is 1. The average Bonchev–Trinajstić information content (AvgIpc) is 2.57. The Morgan fingerprint density at radius 1 is 1.16 bits per heavy atom. The van der Waals surface area contributed by atoms with Crippen molar-refractivity contribution in [2.45, 2.75) is 26.2 Å². The van der Waals surface area contributed by atoms with Gasteiger partial charge in [-0.05, 0) is 30.2 Å². The summed E-state index contributed by atoms with van der Waals surface area (Å²) in [6.45, 7) is 3.31. The number of benzene rings is 2. The monoisotopic (exact) mass is 380 g/mol. The molecular weight excluding hydrogens is 360 g/mol. The molecule has 0 heterocycles. The van der Waals surface area contributed by atoms with Gasteiger partial charge in [-0.25, -0.2) is 8.78 Å². The third-order valence-electron chi connectivity index (χ3n) is 3.53. The molecule has 0 radical (unpaired) electrons. The summed E-state index contributed by atoms with van der Waals surface area (Å²) in [4.78, 5) is 12.4. The van der Waals surface area contributed by atoms with Gasteiger partial charge in [0.1, 0.15) is 0 Å². The Morgan fingerprint density at radius 3 is 2.64 bits per heavy atom. The third-order valence-corrected chi connectivity index (χ3v) is 3.53. The van der Waals surface area contributed by atoms with E-state index in [0.717, 1.165) is 24.5 Å². The molecular formula is C19H20F2NO2Ti-. The van der Waals surface area contributed by atoms with E-state index in [1.165, 1.54) is 6.07 Å². The van der Waals surface area contributed by atoms with Crippen molar-refractivity contribution in [1.82, 2.24) is 0 Å². The summed E-state index contributed by atoms with van der Waals surface area (Å²) < 4.78 is 32.0. The van der Waals surface area contributed by atoms with Gasteiger partial charge in [0.15, 0.2) is 0 Å². The minimum Gasteiger partial charge on any atom is -0.381 e. The van der Waals surface area contributed by atoms with Gasteiger partial charge >= 0.3 is 0 Å². The quantitative estimate of drug-likeness (QED) is 0.420. The van der Waals surface area contributed by atoms with Crippen molar-refractivity contribution in [1.29, 1.82) is 0 Å². The van der Waals surface area contributed by atoms with Crippen LogP contribution in [0, 0.1) is 17.7 Å². The molecule has 0 spiro atoms. The predicted molar refractivity (Wildman–Crippen MR) is 89.0 cm³/mol. The minimum atomic E-state index is -0.927. The van der Waals surface area contributed by atoms with Crippen LogP contribution in [0.4, 0.5) is 14.5 Å². The van der Waals surface area contributed by atoms with E-state index in [1.807, 2.05) is 18.2 Å². The number of rotatable bonds is 8. The van der Waals surface area contributed by atoms with Crippen LogP contribution in [0.2, 0.25) is 0 Å². The molecule has 0 fully saturated rings. The van der Waals surface area contributed by atoms with Crippen molar-refractivity contribution >= 4 is 11.6 Å². The number of hydrogen-bond acceptors (Lipinski definition) is 2. The smallest absolute Gasteiger partial charge is 0.245 e. The normalized spacial score (nSPS) is 10.2. The second-order valence-corrected chi connectivity index (χ2v) is 5.36. The van der Waals surface area contributed by atoms with Crippen molar-refractivity contribution in [3.8, 4) is 0 Å². The average molecular weight is 380 g/mol. The number of carbonyl (C=O) groups is 1. The number of carbonyl (C=O) groups excluding carboxylic acids is 1.